The van der Waals surface area contributed by atoms with Gasteiger partial charge in [0, 0.05) is 17.9 Å². The molecule has 0 aromatic carbocycles. The summed E-state index contributed by atoms with van der Waals surface area (Å²) in [6, 6.07) is 0. The molecule has 4 fully saturated rings. The third kappa shape index (κ3) is 1.44. The first-order valence-electron chi connectivity index (χ1n) is 6.19. The minimum atomic E-state index is -0.501. The number of thiol groups is 1. The second-order valence-electron chi connectivity index (χ2n) is 5.68. The second kappa shape index (κ2) is 3.52. The van der Waals surface area contributed by atoms with Crippen molar-refractivity contribution in [2.45, 2.75) is 37.0 Å². The van der Waals surface area contributed by atoms with E-state index in [0.29, 0.717) is 11.8 Å². The van der Waals surface area contributed by atoms with E-state index in [1.807, 2.05) is 0 Å². The molecule has 16 heavy (non-hydrogen) atoms. The Kier molecular flexibility index (Phi) is 2.36. The Hall–Kier alpha value is -0.440. The summed E-state index contributed by atoms with van der Waals surface area (Å²) in [4.78, 5) is 10.9. The quantitative estimate of drug-likeness (QED) is 0.346. The lowest BCUT2D eigenvalue weighted by atomic mass is 9.54. The van der Waals surface area contributed by atoms with Crippen LogP contribution in [0.5, 0.6) is 0 Å². The van der Waals surface area contributed by atoms with Crippen molar-refractivity contribution >= 4 is 18.6 Å². The van der Waals surface area contributed by atoms with Gasteiger partial charge in [0.05, 0.1) is 0 Å². The molecule has 0 saturated heterocycles. The summed E-state index contributed by atoms with van der Waals surface area (Å²) in [5, 5.41) is 0. The molecular formula is C13H18O2S. The van der Waals surface area contributed by atoms with Gasteiger partial charge in [-0.15, -0.1) is 12.6 Å². The van der Waals surface area contributed by atoms with E-state index in [0.717, 1.165) is 11.8 Å². The number of ether oxygens (including phenoxy) is 1. The first-order valence-corrected chi connectivity index (χ1v) is 6.64. The fourth-order valence-corrected chi connectivity index (χ4v) is 4.74. The Morgan fingerprint density at radius 2 is 1.69 bits per heavy atom. The Morgan fingerprint density at radius 3 is 2.12 bits per heavy atom. The topological polar surface area (TPSA) is 26.3 Å². The van der Waals surface area contributed by atoms with Crippen LogP contribution in [0.15, 0.2) is 12.7 Å². The Bertz CT molecular complexity index is 309. The number of rotatable bonds is 2. The van der Waals surface area contributed by atoms with Crippen LogP contribution in [0.1, 0.15) is 32.1 Å². The SMILES string of the molecule is C=CC(=O)OC1(S)C2CC3CC(C2)CC1C3. The highest BCUT2D eigenvalue weighted by atomic mass is 32.1. The molecule has 0 heterocycles. The highest BCUT2D eigenvalue weighted by Crippen LogP contribution is 2.60. The van der Waals surface area contributed by atoms with E-state index in [4.69, 9.17) is 17.4 Å². The smallest absolute Gasteiger partial charge is 0.331 e. The molecule has 4 saturated carbocycles. The van der Waals surface area contributed by atoms with E-state index in [2.05, 4.69) is 6.58 Å². The molecular weight excluding hydrogens is 220 g/mol. The number of hydrogen-bond donors (Lipinski definition) is 1. The van der Waals surface area contributed by atoms with E-state index in [1.54, 1.807) is 0 Å². The summed E-state index contributed by atoms with van der Waals surface area (Å²) in [6.45, 7) is 3.47. The van der Waals surface area contributed by atoms with E-state index in [-0.39, 0.29) is 5.97 Å². The van der Waals surface area contributed by atoms with E-state index >= 15 is 0 Å². The summed E-state index contributed by atoms with van der Waals surface area (Å²) in [5.74, 6) is 2.35. The largest absolute Gasteiger partial charge is 0.444 e. The first-order chi connectivity index (χ1) is 7.61. The van der Waals surface area contributed by atoms with E-state index < -0.39 is 4.93 Å². The van der Waals surface area contributed by atoms with Crippen molar-refractivity contribution in [1.29, 1.82) is 0 Å². The fourth-order valence-electron chi connectivity index (χ4n) is 4.23. The molecule has 4 aliphatic rings. The van der Waals surface area contributed by atoms with Crippen LogP contribution in [-0.4, -0.2) is 10.9 Å². The van der Waals surface area contributed by atoms with Crippen LogP contribution in [0.25, 0.3) is 0 Å². The molecule has 0 unspecified atom stereocenters. The van der Waals surface area contributed by atoms with Crippen LogP contribution in [0, 0.1) is 23.7 Å². The van der Waals surface area contributed by atoms with Crippen molar-refractivity contribution < 1.29 is 9.53 Å². The average Bonchev–Trinajstić information content (AvgIpc) is 2.25. The molecule has 4 bridgehead atoms. The normalized spacial score (nSPS) is 49.1. The Morgan fingerprint density at radius 1 is 1.19 bits per heavy atom. The lowest BCUT2D eigenvalue weighted by Crippen LogP contribution is -2.56. The highest BCUT2D eigenvalue weighted by molar-refractivity contribution is 7.81. The van der Waals surface area contributed by atoms with Crippen LogP contribution < -0.4 is 0 Å². The number of carbonyl (C=O) groups excluding carboxylic acids is 1. The highest BCUT2D eigenvalue weighted by Gasteiger charge is 2.57. The van der Waals surface area contributed by atoms with Crippen molar-refractivity contribution in [3.05, 3.63) is 12.7 Å². The first kappa shape index (κ1) is 10.7. The molecule has 0 atom stereocenters. The summed E-state index contributed by atoms with van der Waals surface area (Å²) in [6.07, 6.45) is 7.43. The monoisotopic (exact) mass is 238 g/mol. The zero-order valence-corrected chi connectivity index (χ0v) is 10.3. The maximum atomic E-state index is 11.4. The minimum absolute atomic E-state index is 0.317. The van der Waals surface area contributed by atoms with Crippen molar-refractivity contribution in [1.82, 2.24) is 0 Å². The molecule has 3 heteroatoms. The summed E-state index contributed by atoms with van der Waals surface area (Å²) < 4.78 is 5.57. The summed E-state index contributed by atoms with van der Waals surface area (Å²) >= 11 is 4.73. The maximum Gasteiger partial charge on any atom is 0.331 e. The van der Waals surface area contributed by atoms with Gasteiger partial charge in [-0.05, 0) is 43.9 Å². The van der Waals surface area contributed by atoms with Gasteiger partial charge in [0.25, 0.3) is 0 Å². The van der Waals surface area contributed by atoms with Crippen LogP contribution in [0.4, 0.5) is 0 Å². The van der Waals surface area contributed by atoms with Crippen molar-refractivity contribution in [2.24, 2.45) is 23.7 Å². The van der Waals surface area contributed by atoms with Gasteiger partial charge in [-0.1, -0.05) is 6.58 Å². The predicted molar refractivity (Wildman–Crippen MR) is 65.1 cm³/mol. The van der Waals surface area contributed by atoms with Gasteiger partial charge < -0.3 is 4.74 Å². The van der Waals surface area contributed by atoms with Crippen LogP contribution in [0.2, 0.25) is 0 Å². The number of esters is 1. The fraction of sp³-hybridized carbons (Fsp3) is 0.769. The molecule has 2 nitrogen and oxygen atoms in total. The zero-order valence-electron chi connectivity index (χ0n) is 9.39. The third-order valence-electron chi connectivity index (χ3n) is 4.74. The van der Waals surface area contributed by atoms with Crippen molar-refractivity contribution in [2.75, 3.05) is 0 Å². The van der Waals surface area contributed by atoms with Gasteiger partial charge in [0.15, 0.2) is 4.93 Å². The van der Waals surface area contributed by atoms with Gasteiger partial charge in [0.1, 0.15) is 0 Å². The average molecular weight is 238 g/mol. The van der Waals surface area contributed by atoms with Gasteiger partial charge in [-0.2, -0.15) is 0 Å². The Balaban J connectivity index is 1.84. The van der Waals surface area contributed by atoms with Crippen LogP contribution in [0.3, 0.4) is 0 Å². The summed E-state index contributed by atoms with van der Waals surface area (Å²) in [7, 11) is 0. The standard InChI is InChI=1S/C13H18O2S/c1-2-12(14)15-13(16)10-4-8-3-9(6-10)7-11(13)5-8/h2,8-11,16H,1,3-7H2. The van der Waals surface area contributed by atoms with Gasteiger partial charge in [0.2, 0.25) is 0 Å². The number of hydrogen-bond acceptors (Lipinski definition) is 3. The lowest BCUT2D eigenvalue weighted by molar-refractivity contribution is -0.173. The molecule has 0 aromatic heterocycles. The number of carbonyl (C=O) groups is 1. The molecule has 4 aliphatic carbocycles. The molecule has 0 N–H and O–H groups in total. The van der Waals surface area contributed by atoms with Gasteiger partial charge >= 0.3 is 5.97 Å². The zero-order chi connectivity index (χ0) is 11.3. The third-order valence-corrected chi connectivity index (χ3v) is 5.56. The molecule has 0 aromatic rings. The van der Waals surface area contributed by atoms with Crippen LogP contribution >= 0.6 is 12.6 Å². The molecule has 0 radical (unpaired) electrons. The molecule has 0 amide bonds. The summed E-state index contributed by atoms with van der Waals surface area (Å²) in [5.41, 5.74) is 0. The van der Waals surface area contributed by atoms with Gasteiger partial charge in [-0.3, -0.25) is 0 Å². The van der Waals surface area contributed by atoms with Crippen LogP contribution in [-0.2, 0) is 9.53 Å². The van der Waals surface area contributed by atoms with Crippen molar-refractivity contribution in [3.8, 4) is 0 Å². The minimum Gasteiger partial charge on any atom is -0.444 e. The molecule has 4 rings (SSSR count). The molecule has 0 spiro atoms. The lowest BCUT2D eigenvalue weighted by Gasteiger charge is -2.58. The maximum absolute atomic E-state index is 11.4. The molecule has 0 aliphatic heterocycles. The van der Waals surface area contributed by atoms with Crippen molar-refractivity contribution in [3.63, 3.8) is 0 Å². The second-order valence-corrected chi connectivity index (χ2v) is 6.38. The predicted octanol–water partition coefficient (Wildman–Crippen LogP) is 2.80. The van der Waals surface area contributed by atoms with E-state index in [9.17, 15) is 4.79 Å². The van der Waals surface area contributed by atoms with E-state index in [1.165, 1.54) is 38.2 Å². The Labute approximate surface area is 102 Å². The van der Waals surface area contributed by atoms with Gasteiger partial charge in [-0.25, -0.2) is 4.79 Å². The molecule has 88 valence electrons.